The molecule has 9 heteroatoms. The van der Waals surface area contributed by atoms with Crippen LogP contribution in [0, 0.1) is 12.7 Å². The molecule has 2 amide bonds. The summed E-state index contributed by atoms with van der Waals surface area (Å²) >= 11 is 0. The lowest BCUT2D eigenvalue weighted by molar-refractivity contribution is -0.110. The maximum Gasteiger partial charge on any atom is 0.256 e. The van der Waals surface area contributed by atoms with Gasteiger partial charge in [-0.05, 0) is 37.1 Å². The average Bonchev–Trinajstić information content (AvgIpc) is 3.28. The maximum atomic E-state index is 14.0. The number of hydrogen-bond acceptors (Lipinski definition) is 4. The Labute approximate surface area is 193 Å². The lowest BCUT2D eigenvalue weighted by atomic mass is 9.90. The van der Waals surface area contributed by atoms with Crippen LogP contribution < -0.4 is 10.8 Å². The van der Waals surface area contributed by atoms with Gasteiger partial charge in [-0.3, -0.25) is 14.5 Å². The highest BCUT2D eigenvalue weighted by molar-refractivity contribution is 6.43. The molecule has 0 aliphatic carbocycles. The van der Waals surface area contributed by atoms with Gasteiger partial charge in [0.2, 0.25) is 0 Å². The van der Waals surface area contributed by atoms with Gasteiger partial charge in [0.1, 0.15) is 13.7 Å². The Morgan fingerprint density at radius 1 is 1.18 bits per heavy atom. The summed E-state index contributed by atoms with van der Waals surface area (Å²) in [5, 5.41) is 2.84. The molecule has 1 fully saturated rings. The topological polar surface area (TPSA) is 77.7 Å². The van der Waals surface area contributed by atoms with Gasteiger partial charge in [0.25, 0.3) is 11.8 Å². The second-order valence-electron chi connectivity index (χ2n) is 9.02. The SMILES string of the molecule is Bc1cc(F)cc2c1NC(=O)/C2=C\c1[nH]c2c(c1C)C(=O)N(CCCN1CCOCC1)CC2. The second kappa shape index (κ2) is 8.80. The van der Waals surface area contributed by atoms with Crippen molar-refractivity contribution >= 4 is 42.5 Å². The van der Waals surface area contributed by atoms with E-state index in [1.165, 1.54) is 12.1 Å². The van der Waals surface area contributed by atoms with E-state index in [-0.39, 0.29) is 17.6 Å². The van der Waals surface area contributed by atoms with Crippen LogP contribution in [0.4, 0.5) is 10.1 Å². The van der Waals surface area contributed by atoms with Crippen LogP contribution in [0.15, 0.2) is 12.1 Å². The summed E-state index contributed by atoms with van der Waals surface area (Å²) < 4.78 is 19.4. The van der Waals surface area contributed by atoms with Crippen molar-refractivity contribution in [3.05, 3.63) is 46.0 Å². The summed E-state index contributed by atoms with van der Waals surface area (Å²) in [7, 11) is 1.77. The van der Waals surface area contributed by atoms with Gasteiger partial charge in [0, 0.05) is 61.8 Å². The van der Waals surface area contributed by atoms with Gasteiger partial charge in [0.15, 0.2) is 0 Å². The molecule has 2 aromatic rings. The fourth-order valence-corrected chi connectivity index (χ4v) is 5.04. The molecule has 0 atom stereocenters. The minimum absolute atomic E-state index is 0.0368. The lowest BCUT2D eigenvalue weighted by Gasteiger charge is -2.30. The zero-order valence-corrected chi connectivity index (χ0v) is 19.1. The second-order valence-corrected chi connectivity index (χ2v) is 9.02. The molecule has 5 rings (SSSR count). The van der Waals surface area contributed by atoms with Gasteiger partial charge < -0.3 is 19.9 Å². The van der Waals surface area contributed by atoms with Gasteiger partial charge in [-0.15, -0.1) is 0 Å². The number of carbonyl (C=O) groups is 2. The van der Waals surface area contributed by atoms with E-state index in [4.69, 9.17) is 4.74 Å². The summed E-state index contributed by atoms with van der Waals surface area (Å²) in [5.74, 6) is -0.601. The molecule has 33 heavy (non-hydrogen) atoms. The summed E-state index contributed by atoms with van der Waals surface area (Å²) in [6.45, 7) is 7.74. The van der Waals surface area contributed by atoms with Gasteiger partial charge >= 0.3 is 0 Å². The van der Waals surface area contributed by atoms with Crippen molar-refractivity contribution < 1.29 is 18.7 Å². The highest BCUT2D eigenvalue weighted by Crippen LogP contribution is 2.34. The Morgan fingerprint density at radius 3 is 2.76 bits per heavy atom. The number of benzene rings is 1. The van der Waals surface area contributed by atoms with Crippen LogP contribution in [0.25, 0.3) is 11.6 Å². The van der Waals surface area contributed by atoms with Gasteiger partial charge in [0.05, 0.1) is 24.4 Å². The Kier molecular flexibility index (Phi) is 5.84. The van der Waals surface area contributed by atoms with E-state index in [1.807, 2.05) is 11.8 Å². The summed E-state index contributed by atoms with van der Waals surface area (Å²) in [5.41, 5.74) is 5.45. The molecule has 0 unspecified atom stereocenters. The van der Waals surface area contributed by atoms with Gasteiger partial charge in [-0.25, -0.2) is 4.39 Å². The number of ether oxygens (including phenoxy) is 1. The smallest absolute Gasteiger partial charge is 0.256 e. The minimum atomic E-state index is -0.376. The maximum absolute atomic E-state index is 14.0. The van der Waals surface area contributed by atoms with Crippen LogP contribution in [0.3, 0.4) is 0 Å². The molecule has 0 bridgehead atoms. The molecular weight excluding hydrogens is 422 g/mol. The lowest BCUT2D eigenvalue weighted by Crippen LogP contribution is -2.41. The number of rotatable bonds is 5. The van der Waals surface area contributed by atoms with Crippen molar-refractivity contribution in [1.82, 2.24) is 14.8 Å². The van der Waals surface area contributed by atoms with E-state index >= 15 is 0 Å². The summed E-state index contributed by atoms with van der Waals surface area (Å²) in [6.07, 6.45) is 3.42. The monoisotopic (exact) mass is 450 g/mol. The summed E-state index contributed by atoms with van der Waals surface area (Å²) in [4.78, 5) is 33.5. The average molecular weight is 450 g/mol. The standard InChI is InChI=1S/C24H28BFN4O3/c1-14-20(13-17-16-11-15(26)12-18(25)22(16)28-23(17)31)27-19-3-6-30(24(32)21(14)19)5-2-4-29-7-9-33-10-8-29/h11-13,27H,2-10,25H2,1H3,(H,28,31)/b17-13-. The fraction of sp³-hybridized carbons (Fsp3) is 0.417. The first kappa shape index (κ1) is 21.9. The molecule has 0 radical (unpaired) electrons. The van der Waals surface area contributed by atoms with Crippen LogP contribution >= 0.6 is 0 Å². The van der Waals surface area contributed by atoms with Crippen LogP contribution in [-0.2, 0) is 16.0 Å². The molecule has 7 nitrogen and oxygen atoms in total. The minimum Gasteiger partial charge on any atom is -0.379 e. The van der Waals surface area contributed by atoms with E-state index in [0.717, 1.165) is 69.2 Å². The number of nitrogens with one attached hydrogen (secondary N) is 2. The first-order valence-electron chi connectivity index (χ1n) is 11.6. The van der Waals surface area contributed by atoms with E-state index in [9.17, 15) is 14.0 Å². The number of H-pyrrole nitrogens is 1. The highest BCUT2D eigenvalue weighted by Gasteiger charge is 2.31. The molecule has 1 saturated heterocycles. The third kappa shape index (κ3) is 4.11. The van der Waals surface area contributed by atoms with Crippen molar-refractivity contribution in [3.8, 4) is 0 Å². The Balaban J connectivity index is 1.35. The number of halogens is 1. The number of carbonyl (C=O) groups excluding carboxylic acids is 2. The number of hydrogen-bond donors (Lipinski definition) is 2. The number of amides is 2. The van der Waals surface area contributed by atoms with E-state index in [1.54, 1.807) is 13.9 Å². The highest BCUT2D eigenvalue weighted by atomic mass is 19.1. The molecule has 4 heterocycles. The van der Waals surface area contributed by atoms with Gasteiger partial charge in [-0.1, -0.05) is 5.46 Å². The first-order chi connectivity index (χ1) is 15.9. The van der Waals surface area contributed by atoms with Crippen LogP contribution in [0.1, 0.15) is 39.3 Å². The summed E-state index contributed by atoms with van der Waals surface area (Å²) in [6, 6.07) is 2.79. The van der Waals surface area contributed by atoms with Gasteiger partial charge in [-0.2, -0.15) is 0 Å². The number of aromatic nitrogens is 1. The van der Waals surface area contributed by atoms with Crippen LogP contribution in [-0.4, -0.2) is 80.4 Å². The number of nitrogens with zero attached hydrogens (tertiary/aromatic N) is 2. The predicted molar refractivity (Wildman–Crippen MR) is 128 cm³/mol. The van der Waals surface area contributed by atoms with Crippen molar-refractivity contribution in [3.63, 3.8) is 0 Å². The van der Waals surface area contributed by atoms with Crippen molar-refractivity contribution in [2.75, 3.05) is 51.3 Å². The predicted octanol–water partition coefficient (Wildman–Crippen LogP) is 0.934. The molecule has 1 aromatic heterocycles. The molecule has 0 saturated carbocycles. The van der Waals surface area contributed by atoms with E-state index in [0.29, 0.717) is 34.4 Å². The van der Waals surface area contributed by atoms with E-state index in [2.05, 4.69) is 15.2 Å². The molecule has 0 spiro atoms. The zero-order valence-electron chi connectivity index (χ0n) is 19.1. The number of anilines is 1. The molecular formula is C24H28BFN4O3. The fourth-order valence-electron chi connectivity index (χ4n) is 5.04. The number of morpholine rings is 1. The van der Waals surface area contributed by atoms with Crippen molar-refractivity contribution in [2.45, 2.75) is 19.8 Å². The molecule has 172 valence electrons. The number of fused-ring (bicyclic) bond motifs is 2. The van der Waals surface area contributed by atoms with Crippen molar-refractivity contribution in [1.29, 1.82) is 0 Å². The Hall–Kier alpha value is -2.91. The van der Waals surface area contributed by atoms with Crippen LogP contribution in [0.5, 0.6) is 0 Å². The molecule has 2 N–H and O–H groups in total. The quantitative estimate of drug-likeness (QED) is 0.525. The zero-order chi connectivity index (χ0) is 23.1. The number of aromatic amines is 1. The Morgan fingerprint density at radius 2 is 1.97 bits per heavy atom. The first-order valence-corrected chi connectivity index (χ1v) is 11.6. The third-order valence-corrected chi connectivity index (χ3v) is 6.87. The third-order valence-electron chi connectivity index (χ3n) is 6.87. The largest absolute Gasteiger partial charge is 0.379 e. The molecule has 1 aromatic carbocycles. The normalized spacial score (nSPS) is 19.7. The van der Waals surface area contributed by atoms with Crippen molar-refractivity contribution in [2.24, 2.45) is 0 Å². The molecule has 3 aliphatic heterocycles. The van der Waals surface area contributed by atoms with Crippen LogP contribution in [0.2, 0.25) is 0 Å². The Bertz CT molecular complexity index is 1150. The van der Waals surface area contributed by atoms with E-state index < -0.39 is 0 Å². The molecule has 3 aliphatic rings.